The molecule has 4 aromatic rings. The van der Waals surface area contributed by atoms with E-state index >= 15 is 0 Å². The summed E-state index contributed by atoms with van der Waals surface area (Å²) in [6.45, 7) is 11.6. The van der Waals surface area contributed by atoms with E-state index in [9.17, 15) is 9.18 Å². The molecule has 1 aromatic carbocycles. The summed E-state index contributed by atoms with van der Waals surface area (Å²) in [4.78, 5) is 14.7. The van der Waals surface area contributed by atoms with E-state index in [4.69, 9.17) is 10.8 Å². The third-order valence-electron chi connectivity index (χ3n) is 6.88. The molecule has 206 valence electrons. The van der Waals surface area contributed by atoms with E-state index in [2.05, 4.69) is 48.2 Å². The molecule has 0 bridgehead atoms. The molecule has 0 aliphatic carbocycles. The molecule has 1 fully saturated rings. The molecule has 0 unspecified atom stereocenters. The van der Waals surface area contributed by atoms with Crippen LogP contribution in [0.2, 0.25) is 0 Å². The molecule has 10 nitrogen and oxygen atoms in total. The van der Waals surface area contributed by atoms with Gasteiger partial charge in [0.1, 0.15) is 16.7 Å². The Kier molecular flexibility index (Phi) is 7.17. The van der Waals surface area contributed by atoms with Gasteiger partial charge in [-0.05, 0) is 58.5 Å². The number of nitrogen functional groups attached to an aromatic ring is 1. The summed E-state index contributed by atoms with van der Waals surface area (Å²) >= 11 is 1.32. The molecule has 1 aliphatic heterocycles. The predicted octanol–water partition coefficient (Wildman–Crippen LogP) is 4.04. The molecule has 2 atom stereocenters. The first-order valence-corrected chi connectivity index (χ1v) is 13.7. The lowest BCUT2D eigenvalue weighted by Crippen LogP contribution is -2.46. The van der Waals surface area contributed by atoms with Crippen LogP contribution >= 0.6 is 11.3 Å². The number of aromatic nitrogens is 5. The Morgan fingerprint density at radius 2 is 2.13 bits per heavy atom. The fourth-order valence-corrected chi connectivity index (χ4v) is 5.45. The van der Waals surface area contributed by atoms with Crippen LogP contribution in [0.4, 0.5) is 15.8 Å². The highest BCUT2D eigenvalue weighted by molar-refractivity contribution is 7.13. The average molecular weight is 552 g/mol. The monoisotopic (exact) mass is 551 g/mol. The van der Waals surface area contributed by atoms with Crippen LogP contribution in [-0.2, 0) is 12.1 Å². The largest absolute Gasteiger partial charge is 0.399 e. The second kappa shape index (κ2) is 10.4. The normalized spacial score (nSPS) is 18.4. The van der Waals surface area contributed by atoms with E-state index in [1.165, 1.54) is 11.3 Å². The molecule has 0 spiro atoms. The summed E-state index contributed by atoms with van der Waals surface area (Å²) in [7, 11) is 1.92. The number of halogens is 1. The van der Waals surface area contributed by atoms with Crippen molar-refractivity contribution in [2.45, 2.75) is 51.5 Å². The van der Waals surface area contributed by atoms with E-state index < -0.39 is 6.17 Å². The van der Waals surface area contributed by atoms with E-state index in [0.717, 1.165) is 11.9 Å². The minimum absolute atomic E-state index is 0.108. The fourth-order valence-electron chi connectivity index (χ4n) is 4.71. The van der Waals surface area contributed by atoms with Gasteiger partial charge in [0.15, 0.2) is 0 Å². The average Bonchev–Trinajstić information content (AvgIpc) is 3.62. The molecule has 4 heterocycles. The second-order valence-corrected chi connectivity index (χ2v) is 12.0. The van der Waals surface area contributed by atoms with Crippen LogP contribution in [0.25, 0.3) is 22.1 Å². The number of amides is 1. The maximum Gasteiger partial charge on any atom is 0.253 e. The Labute approximate surface area is 230 Å². The zero-order chi connectivity index (χ0) is 27.9. The van der Waals surface area contributed by atoms with Crippen molar-refractivity contribution in [2.24, 2.45) is 0 Å². The third kappa shape index (κ3) is 5.52. The Hall–Kier alpha value is -3.77. The molecule has 1 aliphatic rings. The number of fused-ring (bicyclic) bond motifs is 1. The van der Waals surface area contributed by atoms with Crippen LogP contribution < -0.4 is 16.4 Å². The Bertz CT molecular complexity index is 1520. The van der Waals surface area contributed by atoms with Gasteiger partial charge in [0.2, 0.25) is 5.13 Å². The number of hydrogen-bond acceptors (Lipinski definition) is 8. The molecule has 3 aromatic heterocycles. The number of hydrogen-bond donors (Lipinski definition) is 3. The lowest BCUT2D eigenvalue weighted by Gasteiger charge is -2.33. The molecule has 39 heavy (non-hydrogen) atoms. The van der Waals surface area contributed by atoms with Gasteiger partial charge in [0, 0.05) is 42.1 Å². The highest BCUT2D eigenvalue weighted by Gasteiger charge is 2.28. The molecule has 0 saturated carbocycles. The van der Waals surface area contributed by atoms with Gasteiger partial charge < -0.3 is 25.8 Å². The van der Waals surface area contributed by atoms with Gasteiger partial charge in [-0.15, -0.1) is 10.2 Å². The summed E-state index contributed by atoms with van der Waals surface area (Å²) in [6.07, 6.45) is 5.09. The second-order valence-electron chi connectivity index (χ2n) is 10.9. The summed E-state index contributed by atoms with van der Waals surface area (Å²) in [6, 6.07) is 5.08. The van der Waals surface area contributed by atoms with Crippen LogP contribution in [0.15, 0.2) is 37.2 Å². The molecular weight excluding hydrogens is 517 g/mol. The quantitative estimate of drug-likeness (QED) is 0.297. The first kappa shape index (κ1) is 26.8. The summed E-state index contributed by atoms with van der Waals surface area (Å²) in [5.74, 6) is -0.183. The number of carbonyl (C=O) groups is 1. The zero-order valence-electron chi connectivity index (χ0n) is 22.6. The molecule has 1 saturated heterocycles. The van der Waals surface area contributed by atoms with E-state index in [-0.39, 0.29) is 24.0 Å². The van der Waals surface area contributed by atoms with Crippen LogP contribution in [0.3, 0.4) is 0 Å². The zero-order valence-corrected chi connectivity index (χ0v) is 23.4. The van der Waals surface area contributed by atoms with Crippen molar-refractivity contribution in [3.05, 3.63) is 53.4 Å². The Balaban J connectivity index is 1.37. The third-order valence-corrected chi connectivity index (χ3v) is 7.78. The Morgan fingerprint density at radius 3 is 2.82 bits per heavy atom. The number of carbonyl (C=O) groups excluding carboxylic acids is 1. The van der Waals surface area contributed by atoms with Crippen LogP contribution in [0.1, 0.15) is 48.3 Å². The van der Waals surface area contributed by atoms with Gasteiger partial charge in [-0.2, -0.15) is 5.10 Å². The highest BCUT2D eigenvalue weighted by Crippen LogP contribution is 2.33. The fraction of sp³-hybridized carbons (Fsp3) is 0.407. The van der Waals surface area contributed by atoms with Crippen molar-refractivity contribution < 1.29 is 9.18 Å². The predicted molar refractivity (Wildman–Crippen MR) is 154 cm³/mol. The SMILES string of the molecule is C=Cc1c2cc(N)cc(N[C@@H]3CCN(C)C[C@@H]3F)c2nn1-c1nnc(CNC(=O)c2ccn(C(C)(C)C)c2)s1. The maximum atomic E-state index is 14.8. The van der Waals surface area contributed by atoms with Crippen molar-refractivity contribution in [3.63, 3.8) is 0 Å². The number of alkyl halides is 1. The Morgan fingerprint density at radius 1 is 1.33 bits per heavy atom. The molecule has 1 amide bonds. The summed E-state index contributed by atoms with van der Waals surface area (Å²) in [5.41, 5.74) is 9.26. The van der Waals surface area contributed by atoms with Gasteiger partial charge in [-0.3, -0.25) is 4.79 Å². The number of nitrogens with two attached hydrogens (primary N) is 1. The molecule has 4 N–H and O–H groups in total. The number of nitrogens with one attached hydrogen (secondary N) is 2. The van der Waals surface area contributed by atoms with Gasteiger partial charge in [0.05, 0.1) is 29.5 Å². The molecule has 0 radical (unpaired) electrons. The van der Waals surface area contributed by atoms with Crippen molar-refractivity contribution in [3.8, 4) is 5.13 Å². The number of anilines is 2. The molecule has 12 heteroatoms. The standard InChI is InChI=1S/C27H34FN9OS/c1-6-22-18-11-17(29)12-21(31-20-8-9-35(5)15-19(20)28)24(18)34-37(22)26-33-32-23(39-26)13-30-25(38)16-7-10-36(14-16)27(2,3)4/h6-7,10-12,14,19-20,31H,1,8-9,13,15,29H2,2-5H3,(H,30,38)/t19-,20+/m0/s1. The number of piperidine rings is 1. The summed E-state index contributed by atoms with van der Waals surface area (Å²) in [5, 5.41) is 21.6. The maximum absolute atomic E-state index is 14.8. The van der Waals surface area contributed by atoms with Crippen LogP contribution in [0.5, 0.6) is 0 Å². The molecular formula is C27H34FN9OS. The summed E-state index contributed by atoms with van der Waals surface area (Å²) < 4.78 is 18.4. The topological polar surface area (TPSA) is 119 Å². The minimum atomic E-state index is -1.01. The first-order chi connectivity index (χ1) is 18.5. The number of benzene rings is 1. The van der Waals surface area contributed by atoms with Crippen LogP contribution in [0, 0.1) is 0 Å². The van der Waals surface area contributed by atoms with Gasteiger partial charge in [-0.25, -0.2) is 9.07 Å². The van der Waals surface area contributed by atoms with Crippen molar-refractivity contribution in [1.82, 2.24) is 34.8 Å². The van der Waals surface area contributed by atoms with E-state index in [1.807, 2.05) is 35.0 Å². The number of nitrogens with zero attached hydrogens (tertiary/aromatic N) is 6. The van der Waals surface area contributed by atoms with Gasteiger partial charge in [-0.1, -0.05) is 17.9 Å². The number of rotatable bonds is 7. The van der Waals surface area contributed by atoms with Gasteiger partial charge >= 0.3 is 0 Å². The lowest BCUT2D eigenvalue weighted by molar-refractivity contribution is 0.0950. The first-order valence-electron chi connectivity index (χ1n) is 12.9. The van der Waals surface area contributed by atoms with Crippen molar-refractivity contribution in [2.75, 3.05) is 31.2 Å². The van der Waals surface area contributed by atoms with Crippen molar-refractivity contribution in [1.29, 1.82) is 0 Å². The minimum Gasteiger partial charge on any atom is -0.399 e. The smallest absolute Gasteiger partial charge is 0.253 e. The van der Waals surface area contributed by atoms with E-state index in [1.54, 1.807) is 22.9 Å². The highest BCUT2D eigenvalue weighted by atomic mass is 32.1. The molecule has 5 rings (SSSR count). The van der Waals surface area contributed by atoms with Crippen LogP contribution in [-0.4, -0.2) is 67.7 Å². The van der Waals surface area contributed by atoms with Crippen molar-refractivity contribution >= 4 is 45.6 Å². The van der Waals surface area contributed by atoms with E-state index in [0.29, 0.717) is 51.3 Å². The van der Waals surface area contributed by atoms with Gasteiger partial charge in [0.25, 0.3) is 5.91 Å². The lowest BCUT2D eigenvalue weighted by atomic mass is 10.0. The number of likely N-dealkylation sites (tertiary alicyclic amines) is 1.